The third-order valence-electron chi connectivity index (χ3n) is 3.61. The molecule has 2 rings (SSSR count). The van der Waals surface area contributed by atoms with Crippen LogP contribution >= 0.6 is 11.3 Å². The zero-order valence-corrected chi connectivity index (χ0v) is 12.8. The van der Waals surface area contributed by atoms with E-state index in [0.717, 1.165) is 18.4 Å². The predicted molar refractivity (Wildman–Crippen MR) is 78.1 cm³/mol. The molecular formula is C12H21N3O2S2. The van der Waals surface area contributed by atoms with E-state index in [4.69, 9.17) is 5.73 Å². The lowest BCUT2D eigenvalue weighted by Crippen LogP contribution is -2.46. The van der Waals surface area contributed by atoms with Crippen molar-refractivity contribution in [1.82, 2.24) is 8.61 Å². The molecular weight excluding hydrogens is 282 g/mol. The molecule has 0 spiro atoms. The van der Waals surface area contributed by atoms with Crippen molar-refractivity contribution in [2.45, 2.75) is 19.4 Å². The topological polar surface area (TPSA) is 66.6 Å². The minimum Gasteiger partial charge on any atom is -0.330 e. The number of hydrogen-bond donors (Lipinski definition) is 1. The number of piperidine rings is 1. The molecule has 0 aliphatic carbocycles. The molecule has 7 heteroatoms. The fraction of sp³-hybridized carbons (Fsp3) is 0.667. The molecule has 2 N–H and O–H groups in total. The van der Waals surface area contributed by atoms with Crippen LogP contribution in [0.4, 0.5) is 0 Å². The maximum Gasteiger partial charge on any atom is 0.282 e. The van der Waals surface area contributed by atoms with Gasteiger partial charge in [-0.2, -0.15) is 28.4 Å². The molecule has 2 heterocycles. The van der Waals surface area contributed by atoms with E-state index in [9.17, 15) is 8.42 Å². The minimum atomic E-state index is -3.34. The van der Waals surface area contributed by atoms with Gasteiger partial charge in [0.05, 0.1) is 0 Å². The second-order valence-electron chi connectivity index (χ2n) is 4.97. The molecule has 1 aliphatic rings. The first-order valence-corrected chi connectivity index (χ1v) is 8.80. The zero-order valence-electron chi connectivity index (χ0n) is 11.2. The quantitative estimate of drug-likeness (QED) is 0.885. The van der Waals surface area contributed by atoms with Crippen LogP contribution in [0.2, 0.25) is 0 Å². The minimum absolute atomic E-state index is 0.433. The van der Waals surface area contributed by atoms with Crippen LogP contribution in [0.15, 0.2) is 16.8 Å². The average molecular weight is 303 g/mol. The van der Waals surface area contributed by atoms with Gasteiger partial charge in [-0.25, -0.2) is 0 Å². The van der Waals surface area contributed by atoms with Gasteiger partial charge in [-0.3, -0.25) is 0 Å². The van der Waals surface area contributed by atoms with Crippen LogP contribution in [-0.4, -0.2) is 43.7 Å². The van der Waals surface area contributed by atoms with Crippen molar-refractivity contribution in [1.29, 1.82) is 0 Å². The summed E-state index contributed by atoms with van der Waals surface area (Å²) in [4.78, 5) is 0. The number of nitrogens with two attached hydrogens (primary N) is 1. The molecule has 1 aromatic heterocycles. The molecule has 1 aliphatic heterocycles. The van der Waals surface area contributed by atoms with Crippen LogP contribution in [0.1, 0.15) is 18.4 Å². The van der Waals surface area contributed by atoms with E-state index in [0.29, 0.717) is 32.1 Å². The highest BCUT2D eigenvalue weighted by Crippen LogP contribution is 2.21. The molecule has 0 bridgehead atoms. The summed E-state index contributed by atoms with van der Waals surface area (Å²) in [6.07, 6.45) is 1.73. The molecule has 0 amide bonds. The van der Waals surface area contributed by atoms with Crippen molar-refractivity contribution in [3.63, 3.8) is 0 Å². The van der Waals surface area contributed by atoms with E-state index in [1.807, 2.05) is 16.8 Å². The van der Waals surface area contributed by atoms with Gasteiger partial charge < -0.3 is 5.73 Å². The lowest BCUT2D eigenvalue weighted by atomic mass is 9.99. The highest BCUT2D eigenvalue weighted by Gasteiger charge is 2.30. The second-order valence-corrected chi connectivity index (χ2v) is 7.79. The Hall–Kier alpha value is -0.470. The average Bonchev–Trinajstić information content (AvgIpc) is 2.91. The summed E-state index contributed by atoms with van der Waals surface area (Å²) in [5.41, 5.74) is 6.67. The van der Waals surface area contributed by atoms with Crippen molar-refractivity contribution in [2.75, 3.05) is 26.7 Å². The largest absolute Gasteiger partial charge is 0.330 e. The van der Waals surface area contributed by atoms with Crippen LogP contribution in [0, 0.1) is 5.92 Å². The van der Waals surface area contributed by atoms with E-state index in [1.54, 1.807) is 22.7 Å². The Labute approximate surface area is 119 Å². The third kappa shape index (κ3) is 3.55. The first-order valence-electron chi connectivity index (χ1n) is 6.46. The number of thiophene rings is 1. The Morgan fingerprint density at radius 1 is 1.47 bits per heavy atom. The number of nitrogens with zero attached hydrogens (tertiary/aromatic N) is 2. The maximum atomic E-state index is 12.4. The van der Waals surface area contributed by atoms with Gasteiger partial charge in [0.25, 0.3) is 10.2 Å². The lowest BCUT2D eigenvalue weighted by molar-refractivity contribution is 0.262. The smallest absolute Gasteiger partial charge is 0.282 e. The molecule has 1 fully saturated rings. The van der Waals surface area contributed by atoms with Crippen LogP contribution in [0.3, 0.4) is 0 Å². The summed E-state index contributed by atoms with van der Waals surface area (Å²) in [6.45, 7) is 2.25. The standard InChI is InChI=1S/C12H21N3O2S2/c1-14(9-12-4-7-18-10-12)19(16,17)15-5-2-11(8-13)3-6-15/h4,7,10-11H,2-3,5-6,8-9,13H2,1H3. The normalized spacial score (nSPS) is 19.1. The Morgan fingerprint density at radius 3 is 2.68 bits per heavy atom. The molecule has 0 aromatic carbocycles. The van der Waals surface area contributed by atoms with Crippen LogP contribution in [0.5, 0.6) is 0 Å². The second kappa shape index (κ2) is 6.32. The number of rotatable bonds is 5. The summed E-state index contributed by atoms with van der Waals surface area (Å²) in [7, 11) is -1.70. The monoisotopic (exact) mass is 303 g/mol. The Morgan fingerprint density at radius 2 is 2.16 bits per heavy atom. The molecule has 1 saturated heterocycles. The van der Waals surface area contributed by atoms with Crippen molar-refractivity contribution >= 4 is 21.5 Å². The van der Waals surface area contributed by atoms with E-state index in [1.165, 1.54) is 4.31 Å². The van der Waals surface area contributed by atoms with Crippen molar-refractivity contribution in [3.05, 3.63) is 22.4 Å². The van der Waals surface area contributed by atoms with E-state index in [2.05, 4.69) is 0 Å². The molecule has 108 valence electrons. The van der Waals surface area contributed by atoms with Crippen molar-refractivity contribution in [2.24, 2.45) is 11.7 Å². The molecule has 19 heavy (non-hydrogen) atoms. The fourth-order valence-corrected chi connectivity index (χ4v) is 4.33. The highest BCUT2D eigenvalue weighted by atomic mass is 32.2. The zero-order chi connectivity index (χ0) is 13.9. The van der Waals surface area contributed by atoms with Crippen molar-refractivity contribution < 1.29 is 8.42 Å². The molecule has 0 unspecified atom stereocenters. The predicted octanol–water partition coefficient (Wildman–Crippen LogP) is 1.10. The lowest BCUT2D eigenvalue weighted by Gasteiger charge is -2.33. The summed E-state index contributed by atoms with van der Waals surface area (Å²) in [5.74, 6) is 0.466. The van der Waals surface area contributed by atoms with Gasteiger partial charge in [0, 0.05) is 26.7 Å². The Kier molecular flexibility index (Phi) is 4.97. The van der Waals surface area contributed by atoms with Crippen LogP contribution < -0.4 is 5.73 Å². The van der Waals surface area contributed by atoms with E-state index >= 15 is 0 Å². The summed E-state index contributed by atoms with van der Waals surface area (Å²) >= 11 is 1.58. The van der Waals surface area contributed by atoms with Gasteiger partial charge in [0.15, 0.2) is 0 Å². The van der Waals surface area contributed by atoms with Gasteiger partial charge in [0.2, 0.25) is 0 Å². The van der Waals surface area contributed by atoms with Gasteiger partial charge in [-0.05, 0) is 47.7 Å². The summed E-state index contributed by atoms with van der Waals surface area (Å²) < 4.78 is 27.9. The van der Waals surface area contributed by atoms with Gasteiger partial charge in [-0.1, -0.05) is 0 Å². The Bertz CT molecular complexity index is 479. The van der Waals surface area contributed by atoms with Gasteiger partial charge >= 0.3 is 0 Å². The third-order valence-corrected chi connectivity index (χ3v) is 6.28. The van der Waals surface area contributed by atoms with Gasteiger partial charge in [0.1, 0.15) is 0 Å². The van der Waals surface area contributed by atoms with Crippen molar-refractivity contribution in [3.8, 4) is 0 Å². The van der Waals surface area contributed by atoms with Crippen LogP contribution in [0.25, 0.3) is 0 Å². The SMILES string of the molecule is CN(Cc1ccsc1)S(=O)(=O)N1CCC(CN)CC1. The molecule has 5 nitrogen and oxygen atoms in total. The van der Waals surface area contributed by atoms with Gasteiger partial charge in [-0.15, -0.1) is 0 Å². The fourth-order valence-electron chi connectivity index (χ4n) is 2.29. The maximum absolute atomic E-state index is 12.4. The molecule has 0 saturated carbocycles. The van der Waals surface area contributed by atoms with E-state index < -0.39 is 10.2 Å². The Balaban J connectivity index is 1.98. The van der Waals surface area contributed by atoms with E-state index in [-0.39, 0.29) is 0 Å². The van der Waals surface area contributed by atoms with Crippen LogP contribution in [-0.2, 0) is 16.8 Å². The summed E-state index contributed by atoms with van der Waals surface area (Å²) in [5, 5.41) is 3.94. The molecule has 1 aromatic rings. The first kappa shape index (κ1) is 14.9. The first-order chi connectivity index (χ1) is 9.04. The highest BCUT2D eigenvalue weighted by molar-refractivity contribution is 7.86. The summed E-state index contributed by atoms with van der Waals surface area (Å²) in [6, 6.07) is 1.96. The molecule has 0 atom stereocenters. The number of hydrogen-bond acceptors (Lipinski definition) is 4. The molecule has 0 radical (unpaired) electrons.